The van der Waals surface area contributed by atoms with Crippen LogP contribution in [0.3, 0.4) is 0 Å². The Morgan fingerprint density at radius 3 is 0.691 bits per heavy atom. The fourth-order valence-electron chi connectivity index (χ4n) is 10.9. The average Bonchev–Trinajstić information content (AvgIpc) is 3.47. The van der Waals surface area contributed by atoms with Crippen LogP contribution in [0.1, 0.15) is 393 Å². The zero-order valence-corrected chi connectivity index (χ0v) is 54.6. The first kappa shape index (κ1) is 78.4. The molecule has 0 fully saturated rings. The van der Waals surface area contributed by atoms with Gasteiger partial charge in [-0.25, -0.2) is 0 Å². The molecule has 0 spiro atoms. The van der Waals surface area contributed by atoms with Gasteiger partial charge in [-0.2, -0.15) is 0 Å². The van der Waals surface area contributed by atoms with E-state index in [2.05, 4.69) is 69.4 Å². The molecule has 0 aromatic carbocycles. The largest absolute Gasteiger partial charge is 0.462 e. The van der Waals surface area contributed by atoms with Crippen LogP contribution in [0.25, 0.3) is 0 Å². The van der Waals surface area contributed by atoms with Crippen LogP contribution >= 0.6 is 0 Å². The zero-order chi connectivity index (χ0) is 58.5. The third-order valence-corrected chi connectivity index (χ3v) is 16.3. The van der Waals surface area contributed by atoms with Crippen molar-refractivity contribution in [1.29, 1.82) is 0 Å². The molecule has 0 aliphatic carbocycles. The molecule has 0 saturated carbocycles. The first-order valence-corrected chi connectivity index (χ1v) is 36.1. The molecule has 0 heterocycles. The van der Waals surface area contributed by atoms with Crippen LogP contribution in [0, 0.1) is 0 Å². The van der Waals surface area contributed by atoms with Gasteiger partial charge in [-0.3, -0.25) is 14.4 Å². The monoisotopic (exact) mass is 1140 g/mol. The number of hydrogen-bond acceptors (Lipinski definition) is 6. The van der Waals surface area contributed by atoms with Crippen molar-refractivity contribution < 1.29 is 28.6 Å². The summed E-state index contributed by atoms with van der Waals surface area (Å²) in [5, 5.41) is 0. The second-order valence-electron chi connectivity index (χ2n) is 24.5. The van der Waals surface area contributed by atoms with E-state index in [9.17, 15) is 14.4 Å². The Hall–Kier alpha value is -2.63. The number of carbonyl (C=O) groups is 3. The van der Waals surface area contributed by atoms with Gasteiger partial charge in [0.15, 0.2) is 6.10 Å². The standard InChI is InChI=1S/C75H138O6/c1-4-7-10-13-16-19-22-25-28-31-33-34-35-36-37-38-39-40-41-42-43-45-47-50-53-56-59-62-65-68-74(77)80-71-72(70-79-73(76)67-64-61-58-55-52-49-46-30-27-24-21-18-15-12-9-6-3)81-75(78)69-66-63-60-57-54-51-48-44-32-29-26-23-20-17-14-11-8-5-2/h20-21,23-24,29-30,32,46,72H,4-19,22,25-28,31,33-45,47-71H2,1-3H3/b23-20-,24-21-,32-29-,46-30-. The number of esters is 3. The van der Waals surface area contributed by atoms with Crippen molar-refractivity contribution in [3.63, 3.8) is 0 Å². The van der Waals surface area contributed by atoms with Crippen molar-refractivity contribution in [2.24, 2.45) is 0 Å². The summed E-state index contributed by atoms with van der Waals surface area (Å²) in [7, 11) is 0. The molecule has 6 heteroatoms. The Morgan fingerprint density at radius 1 is 0.247 bits per heavy atom. The van der Waals surface area contributed by atoms with Crippen molar-refractivity contribution in [2.45, 2.75) is 399 Å². The van der Waals surface area contributed by atoms with Gasteiger partial charge in [0, 0.05) is 19.3 Å². The minimum absolute atomic E-state index is 0.0772. The fraction of sp³-hybridized carbons (Fsp3) is 0.853. The highest BCUT2D eigenvalue weighted by Gasteiger charge is 2.19. The van der Waals surface area contributed by atoms with Crippen LogP contribution in [-0.2, 0) is 28.6 Å². The quantitative estimate of drug-likeness (QED) is 0.0261. The highest BCUT2D eigenvalue weighted by molar-refractivity contribution is 5.71. The number of hydrogen-bond donors (Lipinski definition) is 0. The van der Waals surface area contributed by atoms with Crippen LogP contribution < -0.4 is 0 Å². The molecule has 0 N–H and O–H groups in total. The second-order valence-corrected chi connectivity index (χ2v) is 24.5. The Kier molecular flexibility index (Phi) is 67.6. The van der Waals surface area contributed by atoms with Crippen molar-refractivity contribution >= 4 is 17.9 Å². The molecule has 474 valence electrons. The van der Waals surface area contributed by atoms with Crippen molar-refractivity contribution in [3.8, 4) is 0 Å². The lowest BCUT2D eigenvalue weighted by molar-refractivity contribution is -0.167. The van der Waals surface area contributed by atoms with E-state index in [1.54, 1.807) is 0 Å². The summed E-state index contributed by atoms with van der Waals surface area (Å²) >= 11 is 0. The highest BCUT2D eigenvalue weighted by atomic mass is 16.6. The molecule has 0 bridgehead atoms. The Morgan fingerprint density at radius 2 is 0.444 bits per heavy atom. The molecule has 0 saturated heterocycles. The third kappa shape index (κ3) is 68.0. The molecule has 0 radical (unpaired) electrons. The first-order valence-electron chi connectivity index (χ1n) is 36.1. The van der Waals surface area contributed by atoms with Crippen LogP contribution in [0.15, 0.2) is 48.6 Å². The smallest absolute Gasteiger partial charge is 0.306 e. The van der Waals surface area contributed by atoms with Gasteiger partial charge >= 0.3 is 17.9 Å². The minimum atomic E-state index is -0.783. The Bertz CT molecular complexity index is 1400. The summed E-state index contributed by atoms with van der Waals surface area (Å²) in [5.74, 6) is -0.874. The molecule has 0 aromatic heterocycles. The average molecular weight is 1140 g/mol. The van der Waals surface area contributed by atoms with E-state index in [-0.39, 0.29) is 31.1 Å². The van der Waals surface area contributed by atoms with E-state index in [4.69, 9.17) is 14.2 Å². The summed E-state index contributed by atoms with van der Waals surface area (Å²) in [4.78, 5) is 38.4. The summed E-state index contributed by atoms with van der Waals surface area (Å²) in [5.41, 5.74) is 0. The molecule has 0 aliphatic heterocycles. The Balaban J connectivity index is 4.23. The van der Waals surface area contributed by atoms with E-state index >= 15 is 0 Å². The molecular formula is C75H138O6. The van der Waals surface area contributed by atoms with E-state index in [0.717, 1.165) is 89.9 Å². The molecule has 0 aromatic rings. The van der Waals surface area contributed by atoms with Gasteiger partial charge in [0.25, 0.3) is 0 Å². The Labute approximate surface area is 505 Å². The number of rotatable bonds is 67. The van der Waals surface area contributed by atoms with Crippen molar-refractivity contribution in [2.75, 3.05) is 13.2 Å². The molecule has 1 atom stereocenters. The van der Waals surface area contributed by atoms with Gasteiger partial charge in [-0.05, 0) is 83.5 Å². The SMILES string of the molecule is CCCCCC/C=C\C/C=C\CCCCCCCCCC(=O)OC(COC(=O)CCCCCCC/C=C\C/C=C\CCCCCC)COC(=O)CCCCCCCCCCCCCCCCCCCCCCCCCCCCCCC. The summed E-state index contributed by atoms with van der Waals surface area (Å²) < 4.78 is 17.0. The van der Waals surface area contributed by atoms with Gasteiger partial charge in [-0.15, -0.1) is 0 Å². The molecule has 1 unspecified atom stereocenters. The minimum Gasteiger partial charge on any atom is -0.462 e. The molecule has 0 aliphatic rings. The maximum Gasteiger partial charge on any atom is 0.306 e. The predicted molar refractivity (Wildman–Crippen MR) is 353 cm³/mol. The zero-order valence-electron chi connectivity index (χ0n) is 54.6. The molecule has 81 heavy (non-hydrogen) atoms. The third-order valence-electron chi connectivity index (χ3n) is 16.3. The lowest BCUT2D eigenvalue weighted by Gasteiger charge is -2.18. The van der Waals surface area contributed by atoms with Gasteiger partial charge in [0.1, 0.15) is 13.2 Å². The summed E-state index contributed by atoms with van der Waals surface area (Å²) in [6.45, 7) is 6.66. The van der Waals surface area contributed by atoms with Gasteiger partial charge in [0.05, 0.1) is 0 Å². The van der Waals surface area contributed by atoms with Gasteiger partial charge < -0.3 is 14.2 Å². The van der Waals surface area contributed by atoms with Crippen LogP contribution in [0.2, 0.25) is 0 Å². The van der Waals surface area contributed by atoms with Gasteiger partial charge in [-0.1, -0.05) is 339 Å². The van der Waals surface area contributed by atoms with Crippen molar-refractivity contribution in [1.82, 2.24) is 0 Å². The predicted octanol–water partition coefficient (Wildman–Crippen LogP) is 24.9. The fourth-order valence-corrected chi connectivity index (χ4v) is 10.9. The molecule has 0 amide bonds. The molecule has 0 rings (SSSR count). The lowest BCUT2D eigenvalue weighted by atomic mass is 10.0. The van der Waals surface area contributed by atoms with Crippen LogP contribution in [0.4, 0.5) is 0 Å². The van der Waals surface area contributed by atoms with E-state index in [1.807, 2.05) is 0 Å². The first-order chi connectivity index (χ1) is 40.0. The van der Waals surface area contributed by atoms with E-state index in [0.29, 0.717) is 19.3 Å². The lowest BCUT2D eigenvalue weighted by Crippen LogP contribution is -2.30. The number of allylic oxidation sites excluding steroid dienone is 8. The number of carbonyl (C=O) groups excluding carboxylic acids is 3. The second kappa shape index (κ2) is 69.9. The maximum atomic E-state index is 12.9. The van der Waals surface area contributed by atoms with Crippen LogP contribution in [-0.4, -0.2) is 37.2 Å². The van der Waals surface area contributed by atoms with Crippen molar-refractivity contribution in [3.05, 3.63) is 48.6 Å². The highest BCUT2D eigenvalue weighted by Crippen LogP contribution is 2.18. The van der Waals surface area contributed by atoms with E-state index in [1.165, 1.54) is 263 Å². The van der Waals surface area contributed by atoms with E-state index < -0.39 is 6.10 Å². The maximum absolute atomic E-state index is 12.9. The molecular weight excluding hydrogens is 997 g/mol. The number of ether oxygens (including phenoxy) is 3. The number of unbranched alkanes of at least 4 members (excludes halogenated alkanes) is 48. The molecule has 6 nitrogen and oxygen atoms in total. The summed E-state index contributed by atoms with van der Waals surface area (Å²) in [6.07, 6.45) is 88.6. The van der Waals surface area contributed by atoms with Gasteiger partial charge in [0.2, 0.25) is 0 Å². The normalized spacial score (nSPS) is 12.3. The summed E-state index contributed by atoms with van der Waals surface area (Å²) in [6, 6.07) is 0. The topological polar surface area (TPSA) is 78.9 Å². The van der Waals surface area contributed by atoms with Crippen LogP contribution in [0.5, 0.6) is 0 Å².